The number of rotatable bonds is 2. The number of carbonyl (C=O) groups is 1. The number of nitrogens with zero attached hydrogens (tertiary/aromatic N) is 2. The highest BCUT2D eigenvalue weighted by Crippen LogP contribution is 2.43. The van der Waals surface area contributed by atoms with Gasteiger partial charge < -0.3 is 26.0 Å². The number of hydrogen-bond donors (Lipinski definition) is 6. The second-order valence-electron chi connectivity index (χ2n) is 6.03. The summed E-state index contributed by atoms with van der Waals surface area (Å²) in [5.41, 5.74) is 10.5. The van der Waals surface area contributed by atoms with Crippen LogP contribution in [0.1, 0.15) is 20.3 Å². The average molecular weight is 313 g/mol. The maximum Gasteiger partial charge on any atom is 0.346 e. The van der Waals surface area contributed by atoms with E-state index in [1.807, 2.05) is 6.92 Å². The van der Waals surface area contributed by atoms with Crippen molar-refractivity contribution < 1.29 is 24.3 Å². The molecule has 1 saturated heterocycles. The first-order valence-electron chi connectivity index (χ1n) is 7.07. The third-order valence-electron chi connectivity index (χ3n) is 4.48. The van der Waals surface area contributed by atoms with E-state index in [1.54, 1.807) is 4.58 Å². The quantitative estimate of drug-likeness (QED) is 0.173. The van der Waals surface area contributed by atoms with Crippen molar-refractivity contribution in [3.8, 4) is 0 Å². The van der Waals surface area contributed by atoms with E-state index in [0.717, 1.165) is 0 Å². The van der Waals surface area contributed by atoms with Crippen molar-refractivity contribution in [2.45, 2.75) is 49.8 Å². The normalized spacial score (nSPS) is 38.5. The average Bonchev–Trinajstić information content (AvgIpc) is 2.82. The number of hydrogen-bond acceptors (Lipinski definition) is 9. The number of nitrogens with one attached hydrogen (secondary N) is 2. The molecule has 0 saturated carbocycles. The Bertz CT molecular complexity index is 588. The van der Waals surface area contributed by atoms with Gasteiger partial charge in [-0.1, -0.05) is 0 Å². The van der Waals surface area contributed by atoms with Crippen LogP contribution >= 0.6 is 0 Å². The molecule has 10 heteroatoms. The summed E-state index contributed by atoms with van der Waals surface area (Å²) in [6.45, 7) is 3.10. The first kappa shape index (κ1) is 14.9. The monoisotopic (exact) mass is 313 g/mol. The Morgan fingerprint density at radius 2 is 2.23 bits per heavy atom. The molecule has 1 spiro atoms. The Hall–Kier alpha value is -2.07. The van der Waals surface area contributed by atoms with Gasteiger partial charge >= 0.3 is 11.9 Å². The highest BCUT2D eigenvalue weighted by molar-refractivity contribution is 5.83. The molecule has 0 bridgehead atoms. The van der Waals surface area contributed by atoms with Crippen LogP contribution in [-0.2, 0) is 9.53 Å². The van der Waals surface area contributed by atoms with Crippen LogP contribution in [-0.4, -0.2) is 68.9 Å². The highest BCUT2D eigenvalue weighted by Gasteiger charge is 2.73. The lowest BCUT2D eigenvalue weighted by molar-refractivity contribution is -0.646. The SMILES string of the molecule is CC(=O)OC[C@@H]1NC(N)=[N+]2[C@@H](C)CC(O)(O)[C@@]23NC(N)=N[C@@H]13. The summed E-state index contributed by atoms with van der Waals surface area (Å²) in [7, 11) is 0. The molecule has 0 aromatic rings. The van der Waals surface area contributed by atoms with Gasteiger partial charge in [-0.05, 0) is 6.92 Å². The van der Waals surface area contributed by atoms with Gasteiger partial charge in [0.15, 0.2) is 12.0 Å². The molecule has 10 nitrogen and oxygen atoms in total. The van der Waals surface area contributed by atoms with Gasteiger partial charge in [-0.2, -0.15) is 0 Å². The lowest BCUT2D eigenvalue weighted by Gasteiger charge is -2.43. The van der Waals surface area contributed by atoms with Crippen LogP contribution in [0, 0.1) is 0 Å². The summed E-state index contributed by atoms with van der Waals surface area (Å²) in [5.74, 6) is -2.20. The van der Waals surface area contributed by atoms with E-state index in [2.05, 4.69) is 15.6 Å². The van der Waals surface area contributed by atoms with Gasteiger partial charge in [0, 0.05) is 13.3 Å². The van der Waals surface area contributed by atoms with Crippen molar-refractivity contribution in [2.24, 2.45) is 16.5 Å². The van der Waals surface area contributed by atoms with Crippen molar-refractivity contribution in [3.63, 3.8) is 0 Å². The fraction of sp³-hybridized carbons (Fsp3) is 0.750. The molecule has 122 valence electrons. The number of guanidine groups is 2. The van der Waals surface area contributed by atoms with Gasteiger partial charge in [0.2, 0.25) is 11.4 Å². The van der Waals surface area contributed by atoms with Crippen LogP contribution < -0.4 is 22.1 Å². The molecule has 3 aliphatic rings. The zero-order valence-electron chi connectivity index (χ0n) is 12.4. The van der Waals surface area contributed by atoms with Gasteiger partial charge in [0.05, 0.1) is 6.04 Å². The second kappa shape index (κ2) is 4.46. The molecule has 0 radical (unpaired) electrons. The molecule has 3 rings (SSSR count). The van der Waals surface area contributed by atoms with E-state index >= 15 is 0 Å². The van der Waals surface area contributed by atoms with Gasteiger partial charge in [-0.3, -0.25) is 15.8 Å². The lowest BCUT2D eigenvalue weighted by Crippen LogP contribution is -2.78. The summed E-state index contributed by atoms with van der Waals surface area (Å²) in [5, 5.41) is 27.0. The molecule has 0 aliphatic carbocycles. The van der Waals surface area contributed by atoms with Crippen molar-refractivity contribution in [1.82, 2.24) is 10.6 Å². The number of aliphatic hydroxyl groups is 2. The summed E-state index contributed by atoms with van der Waals surface area (Å²) in [4.78, 5) is 15.3. The molecule has 0 amide bonds. The first-order chi connectivity index (χ1) is 10.2. The topological polar surface area (TPSA) is 158 Å². The van der Waals surface area contributed by atoms with Crippen LogP contribution in [0.15, 0.2) is 4.99 Å². The Balaban J connectivity index is 2.06. The summed E-state index contributed by atoms with van der Waals surface area (Å²) in [6, 6.07) is -1.45. The number of ether oxygens (including phenoxy) is 1. The minimum atomic E-state index is -2.09. The molecule has 0 unspecified atom stereocenters. The minimum Gasteiger partial charge on any atom is -0.462 e. The van der Waals surface area contributed by atoms with Crippen molar-refractivity contribution in [3.05, 3.63) is 0 Å². The van der Waals surface area contributed by atoms with Crippen LogP contribution in [0.25, 0.3) is 0 Å². The molecule has 3 heterocycles. The summed E-state index contributed by atoms with van der Waals surface area (Å²) < 4.78 is 6.67. The number of esters is 1. The van der Waals surface area contributed by atoms with Crippen molar-refractivity contribution in [1.29, 1.82) is 0 Å². The largest absolute Gasteiger partial charge is 0.462 e. The van der Waals surface area contributed by atoms with Crippen LogP contribution in [0.5, 0.6) is 0 Å². The van der Waals surface area contributed by atoms with Gasteiger partial charge in [0.1, 0.15) is 12.6 Å². The van der Waals surface area contributed by atoms with E-state index in [4.69, 9.17) is 16.2 Å². The molecule has 8 N–H and O–H groups in total. The highest BCUT2D eigenvalue weighted by atomic mass is 16.5. The van der Waals surface area contributed by atoms with Crippen molar-refractivity contribution >= 4 is 17.9 Å². The zero-order valence-corrected chi connectivity index (χ0v) is 12.4. The van der Waals surface area contributed by atoms with Gasteiger partial charge in [-0.15, -0.1) is 0 Å². The van der Waals surface area contributed by atoms with Crippen molar-refractivity contribution in [2.75, 3.05) is 6.61 Å². The molecule has 0 aromatic carbocycles. The molecule has 0 aromatic heterocycles. The minimum absolute atomic E-state index is 0.0147. The number of nitrogens with two attached hydrogens (primary N) is 2. The van der Waals surface area contributed by atoms with Gasteiger partial charge in [0.25, 0.3) is 0 Å². The summed E-state index contributed by atoms with van der Waals surface area (Å²) >= 11 is 0. The Labute approximate surface area is 126 Å². The second-order valence-corrected chi connectivity index (χ2v) is 6.03. The van der Waals surface area contributed by atoms with E-state index in [9.17, 15) is 15.0 Å². The predicted molar refractivity (Wildman–Crippen MR) is 75.5 cm³/mol. The van der Waals surface area contributed by atoms with Gasteiger partial charge in [-0.25, -0.2) is 9.57 Å². The zero-order chi connectivity index (χ0) is 16.3. The molecule has 1 fully saturated rings. The third-order valence-corrected chi connectivity index (χ3v) is 4.48. The maximum absolute atomic E-state index is 11.1. The molecule has 22 heavy (non-hydrogen) atoms. The number of aliphatic imine (C=N–C) groups is 1. The Kier molecular flexibility index (Phi) is 3.01. The fourth-order valence-corrected chi connectivity index (χ4v) is 3.77. The fourth-order valence-electron chi connectivity index (χ4n) is 3.77. The van der Waals surface area contributed by atoms with Crippen LogP contribution in [0.2, 0.25) is 0 Å². The van der Waals surface area contributed by atoms with E-state index in [1.165, 1.54) is 6.92 Å². The maximum atomic E-state index is 11.1. The third kappa shape index (κ3) is 1.77. The number of carbonyl (C=O) groups excluding carboxylic acids is 1. The van der Waals surface area contributed by atoms with E-state index in [0.29, 0.717) is 0 Å². The van der Waals surface area contributed by atoms with Crippen LogP contribution in [0.4, 0.5) is 0 Å². The lowest BCUT2D eigenvalue weighted by atomic mass is 9.87. The molecular weight excluding hydrogens is 292 g/mol. The van der Waals surface area contributed by atoms with E-state index in [-0.39, 0.29) is 31.0 Å². The predicted octanol–water partition coefficient (Wildman–Crippen LogP) is -3.70. The van der Waals surface area contributed by atoms with E-state index < -0.39 is 29.5 Å². The molecule has 4 atom stereocenters. The molecule has 3 aliphatic heterocycles. The first-order valence-corrected chi connectivity index (χ1v) is 7.07. The standard InChI is InChI=1S/C12H20N6O4/c1-5-3-11(20,21)12-8(16-9(13)17-12)7(4-22-6(2)19)15-10(14)18(5)12/h5,7-8,20-21H,3-4H2,1-2H3,(H5,13,14,15,16,17)/p+1/t5-,7-,8-,12-/m0/s1. The van der Waals surface area contributed by atoms with Crippen LogP contribution in [0.3, 0.4) is 0 Å². The summed E-state index contributed by atoms with van der Waals surface area (Å²) in [6.07, 6.45) is 0.0714. The molecular formula is C12H21N6O4+. The Morgan fingerprint density at radius 1 is 1.55 bits per heavy atom. The Morgan fingerprint density at radius 3 is 2.86 bits per heavy atom. The smallest absolute Gasteiger partial charge is 0.346 e.